The highest BCUT2D eigenvalue weighted by Crippen LogP contribution is 2.19. The van der Waals surface area contributed by atoms with E-state index in [0.717, 1.165) is 16.0 Å². The molecule has 5 nitrogen and oxygen atoms in total. The number of anilines is 1. The number of benzene rings is 3. The molecule has 4 aromatic rings. The molecule has 0 spiro atoms. The highest BCUT2D eigenvalue weighted by atomic mass is 32.1. The number of amides is 2. The number of rotatable bonds is 8. The Balaban J connectivity index is 1.43. The minimum absolute atomic E-state index is 0.164. The normalized spacial score (nSPS) is 11.0. The molecule has 170 valence electrons. The number of thiophene rings is 1. The van der Waals surface area contributed by atoms with Crippen molar-refractivity contribution in [2.24, 2.45) is 0 Å². The molecule has 2 N–H and O–H groups in total. The molecule has 0 atom stereocenters. The topological polar surface area (TPSA) is 67.4 Å². The van der Waals surface area contributed by atoms with Crippen molar-refractivity contribution in [3.8, 4) is 5.75 Å². The number of carbonyl (C=O) groups excluding carboxylic acids is 2. The van der Waals surface area contributed by atoms with Crippen LogP contribution >= 0.6 is 11.3 Å². The zero-order valence-corrected chi connectivity index (χ0v) is 19.5. The van der Waals surface area contributed by atoms with E-state index in [2.05, 4.69) is 10.6 Å². The molecule has 4 rings (SSSR count). The van der Waals surface area contributed by atoms with E-state index in [9.17, 15) is 9.59 Å². The summed E-state index contributed by atoms with van der Waals surface area (Å²) >= 11 is 1.48. The maximum atomic E-state index is 13.0. The second kappa shape index (κ2) is 11.1. The van der Waals surface area contributed by atoms with E-state index in [1.54, 1.807) is 42.5 Å². The first kappa shape index (κ1) is 23.0. The lowest BCUT2D eigenvalue weighted by Gasteiger charge is -2.12. The highest BCUT2D eigenvalue weighted by Gasteiger charge is 2.15. The van der Waals surface area contributed by atoms with Crippen LogP contribution in [-0.2, 0) is 11.4 Å². The molecular formula is C28H24N2O3S. The summed E-state index contributed by atoms with van der Waals surface area (Å²) in [5.74, 6) is -0.0571. The Morgan fingerprint density at radius 1 is 0.882 bits per heavy atom. The van der Waals surface area contributed by atoms with E-state index in [0.29, 0.717) is 23.6 Å². The Morgan fingerprint density at radius 2 is 1.62 bits per heavy atom. The zero-order valence-electron chi connectivity index (χ0n) is 18.7. The molecule has 0 unspecified atom stereocenters. The van der Waals surface area contributed by atoms with Crippen LogP contribution in [0.1, 0.15) is 26.4 Å². The van der Waals surface area contributed by atoms with E-state index in [1.165, 1.54) is 11.3 Å². The van der Waals surface area contributed by atoms with E-state index in [1.807, 2.05) is 66.9 Å². The SMILES string of the molecule is Cc1ccc(C(=O)N/C(=C\c2cccs2)C(=O)Nc2ccc(OCc3ccccc3)cc2)cc1. The fourth-order valence-electron chi connectivity index (χ4n) is 3.15. The first-order valence-electron chi connectivity index (χ1n) is 10.8. The Labute approximate surface area is 202 Å². The van der Waals surface area contributed by atoms with Gasteiger partial charge in [0.05, 0.1) is 0 Å². The van der Waals surface area contributed by atoms with Crippen molar-refractivity contribution in [2.75, 3.05) is 5.32 Å². The van der Waals surface area contributed by atoms with Gasteiger partial charge in [-0.3, -0.25) is 9.59 Å². The van der Waals surface area contributed by atoms with Crippen LogP contribution < -0.4 is 15.4 Å². The summed E-state index contributed by atoms with van der Waals surface area (Å²) < 4.78 is 5.80. The van der Waals surface area contributed by atoms with Gasteiger partial charge in [0.2, 0.25) is 0 Å². The van der Waals surface area contributed by atoms with Crippen molar-refractivity contribution < 1.29 is 14.3 Å². The number of hydrogen-bond donors (Lipinski definition) is 2. The molecule has 0 saturated carbocycles. The zero-order chi connectivity index (χ0) is 23.8. The van der Waals surface area contributed by atoms with Gasteiger partial charge in [0.1, 0.15) is 18.1 Å². The summed E-state index contributed by atoms with van der Waals surface area (Å²) in [6.07, 6.45) is 1.67. The smallest absolute Gasteiger partial charge is 0.272 e. The Hall–Kier alpha value is -4.16. The quantitative estimate of drug-likeness (QED) is 0.310. The number of hydrogen-bond acceptors (Lipinski definition) is 4. The molecule has 0 saturated heterocycles. The van der Waals surface area contributed by atoms with Crippen LogP contribution in [0.25, 0.3) is 6.08 Å². The summed E-state index contributed by atoms with van der Waals surface area (Å²) in [5.41, 5.74) is 3.37. The predicted octanol–water partition coefficient (Wildman–Crippen LogP) is 6.05. The van der Waals surface area contributed by atoms with Gasteiger partial charge in [-0.05, 0) is 66.4 Å². The average Bonchev–Trinajstić information content (AvgIpc) is 3.37. The molecule has 34 heavy (non-hydrogen) atoms. The molecular weight excluding hydrogens is 444 g/mol. The van der Waals surface area contributed by atoms with Crippen LogP contribution in [0.4, 0.5) is 5.69 Å². The Morgan fingerprint density at radius 3 is 2.29 bits per heavy atom. The number of aryl methyl sites for hydroxylation is 1. The van der Waals surface area contributed by atoms with Crippen LogP contribution in [-0.4, -0.2) is 11.8 Å². The molecule has 2 amide bonds. The Kier molecular flexibility index (Phi) is 7.53. The van der Waals surface area contributed by atoms with E-state index in [-0.39, 0.29) is 11.6 Å². The van der Waals surface area contributed by atoms with Crippen molar-refractivity contribution in [3.05, 3.63) is 124 Å². The molecule has 6 heteroatoms. The number of carbonyl (C=O) groups is 2. The molecule has 1 aromatic heterocycles. The van der Waals surface area contributed by atoms with Gasteiger partial charge in [0, 0.05) is 16.1 Å². The van der Waals surface area contributed by atoms with Crippen LogP contribution in [0.2, 0.25) is 0 Å². The lowest BCUT2D eigenvalue weighted by Crippen LogP contribution is -2.30. The Bertz CT molecular complexity index is 1260. The fraction of sp³-hybridized carbons (Fsp3) is 0.0714. The minimum Gasteiger partial charge on any atom is -0.489 e. The van der Waals surface area contributed by atoms with Gasteiger partial charge < -0.3 is 15.4 Å². The third-order valence-electron chi connectivity index (χ3n) is 5.00. The highest BCUT2D eigenvalue weighted by molar-refractivity contribution is 7.10. The molecule has 0 aliphatic heterocycles. The molecule has 3 aromatic carbocycles. The monoisotopic (exact) mass is 468 g/mol. The van der Waals surface area contributed by atoms with E-state index in [4.69, 9.17) is 4.74 Å². The van der Waals surface area contributed by atoms with Crippen LogP contribution in [0, 0.1) is 6.92 Å². The lowest BCUT2D eigenvalue weighted by atomic mass is 10.1. The van der Waals surface area contributed by atoms with Gasteiger partial charge in [-0.15, -0.1) is 11.3 Å². The molecule has 0 fully saturated rings. The second-order valence-corrected chi connectivity index (χ2v) is 8.63. The largest absolute Gasteiger partial charge is 0.489 e. The van der Waals surface area contributed by atoms with Crippen molar-refractivity contribution in [3.63, 3.8) is 0 Å². The maximum Gasteiger partial charge on any atom is 0.272 e. The van der Waals surface area contributed by atoms with Gasteiger partial charge in [-0.25, -0.2) is 0 Å². The molecule has 0 bridgehead atoms. The third-order valence-corrected chi connectivity index (χ3v) is 5.82. The summed E-state index contributed by atoms with van der Waals surface area (Å²) in [5, 5.41) is 7.52. The number of nitrogens with one attached hydrogen (secondary N) is 2. The van der Waals surface area contributed by atoms with Gasteiger partial charge in [-0.1, -0.05) is 54.1 Å². The summed E-state index contributed by atoms with van der Waals surface area (Å²) in [7, 11) is 0. The van der Waals surface area contributed by atoms with Crippen molar-refractivity contribution >= 4 is 34.9 Å². The maximum absolute atomic E-state index is 13.0. The van der Waals surface area contributed by atoms with Crippen molar-refractivity contribution in [1.29, 1.82) is 0 Å². The summed E-state index contributed by atoms with van der Waals surface area (Å²) in [4.78, 5) is 26.6. The van der Waals surface area contributed by atoms with Crippen LogP contribution in [0.3, 0.4) is 0 Å². The lowest BCUT2D eigenvalue weighted by molar-refractivity contribution is -0.113. The first-order valence-corrected chi connectivity index (χ1v) is 11.7. The summed E-state index contributed by atoms with van der Waals surface area (Å²) in [6, 6.07) is 28.0. The van der Waals surface area contributed by atoms with Crippen LogP contribution in [0.5, 0.6) is 5.75 Å². The average molecular weight is 469 g/mol. The van der Waals surface area contributed by atoms with Crippen molar-refractivity contribution in [1.82, 2.24) is 5.32 Å². The minimum atomic E-state index is -0.410. The third kappa shape index (κ3) is 6.43. The van der Waals surface area contributed by atoms with E-state index >= 15 is 0 Å². The molecule has 1 heterocycles. The van der Waals surface area contributed by atoms with Crippen LogP contribution in [0.15, 0.2) is 102 Å². The first-order chi connectivity index (χ1) is 16.6. The second-order valence-electron chi connectivity index (χ2n) is 7.65. The standard InChI is InChI=1S/C28H24N2O3S/c1-20-9-11-22(12-10-20)27(31)30-26(18-25-8-5-17-34-25)28(32)29-23-13-15-24(16-14-23)33-19-21-6-3-2-4-7-21/h2-18H,19H2,1H3,(H,29,32)(H,30,31)/b26-18-. The van der Waals surface area contributed by atoms with E-state index < -0.39 is 5.91 Å². The number of ether oxygens (including phenoxy) is 1. The van der Waals surface area contributed by atoms with Gasteiger partial charge in [0.15, 0.2) is 0 Å². The fourth-order valence-corrected chi connectivity index (χ4v) is 3.80. The molecule has 0 aliphatic rings. The summed E-state index contributed by atoms with van der Waals surface area (Å²) in [6.45, 7) is 2.42. The van der Waals surface area contributed by atoms with Crippen molar-refractivity contribution in [2.45, 2.75) is 13.5 Å². The molecule has 0 aliphatic carbocycles. The molecule has 0 radical (unpaired) electrons. The van der Waals surface area contributed by atoms with Gasteiger partial charge >= 0.3 is 0 Å². The predicted molar refractivity (Wildman–Crippen MR) is 137 cm³/mol. The van der Waals surface area contributed by atoms with Gasteiger partial charge in [-0.2, -0.15) is 0 Å². The van der Waals surface area contributed by atoms with Gasteiger partial charge in [0.25, 0.3) is 11.8 Å².